The highest BCUT2D eigenvalue weighted by Crippen LogP contribution is 2.30. The molecule has 0 spiro atoms. The molecule has 0 saturated carbocycles. The fourth-order valence-electron chi connectivity index (χ4n) is 3.65. The van der Waals surface area contributed by atoms with Crippen molar-refractivity contribution in [3.8, 4) is 11.1 Å². The molecule has 2 aromatic heterocycles. The molecule has 0 bridgehead atoms. The van der Waals surface area contributed by atoms with E-state index in [9.17, 15) is 9.90 Å². The quantitative estimate of drug-likeness (QED) is 0.537. The summed E-state index contributed by atoms with van der Waals surface area (Å²) < 4.78 is 2.17. The lowest BCUT2D eigenvalue weighted by molar-refractivity contribution is -0.136. The van der Waals surface area contributed by atoms with Gasteiger partial charge in [-0.25, -0.2) is 0 Å². The molecule has 0 atom stereocenters. The van der Waals surface area contributed by atoms with Crippen LogP contribution in [0.4, 0.5) is 0 Å². The molecular formula is C23H22N2O2. The molecule has 0 fully saturated rings. The SMILES string of the molecule is CC(C)Cn1cc(CC(=O)O)c2cc(-c3ccc4ncccc4c3)ccc21. The molecule has 0 aliphatic rings. The molecular weight excluding hydrogens is 336 g/mol. The third-order valence-corrected chi connectivity index (χ3v) is 4.80. The molecule has 0 amide bonds. The number of nitrogens with zero attached hydrogens (tertiary/aromatic N) is 2. The molecule has 4 heteroatoms. The van der Waals surface area contributed by atoms with Crippen LogP contribution in [0.3, 0.4) is 0 Å². The number of carboxylic acids is 1. The minimum absolute atomic E-state index is 0.0344. The summed E-state index contributed by atoms with van der Waals surface area (Å²) in [6.45, 7) is 5.21. The lowest BCUT2D eigenvalue weighted by Crippen LogP contribution is -2.03. The maximum absolute atomic E-state index is 11.3. The summed E-state index contributed by atoms with van der Waals surface area (Å²) in [6, 6.07) is 16.5. The van der Waals surface area contributed by atoms with Gasteiger partial charge in [-0.15, -0.1) is 0 Å². The smallest absolute Gasteiger partial charge is 0.307 e. The molecule has 2 aromatic carbocycles. The normalized spacial score (nSPS) is 11.5. The van der Waals surface area contributed by atoms with Crippen molar-refractivity contribution in [2.24, 2.45) is 5.92 Å². The zero-order valence-electron chi connectivity index (χ0n) is 15.5. The molecule has 27 heavy (non-hydrogen) atoms. The van der Waals surface area contributed by atoms with Gasteiger partial charge in [0.15, 0.2) is 0 Å². The Bertz CT molecular complexity index is 1140. The average Bonchev–Trinajstić information content (AvgIpc) is 2.96. The highest BCUT2D eigenvalue weighted by Gasteiger charge is 2.13. The van der Waals surface area contributed by atoms with Crippen molar-refractivity contribution in [3.63, 3.8) is 0 Å². The Hall–Kier alpha value is -3.14. The van der Waals surface area contributed by atoms with Crippen molar-refractivity contribution in [3.05, 3.63) is 66.5 Å². The number of pyridine rings is 1. The number of rotatable bonds is 5. The van der Waals surface area contributed by atoms with E-state index in [1.807, 2.05) is 18.3 Å². The number of aliphatic carboxylic acids is 1. The fraction of sp³-hybridized carbons (Fsp3) is 0.217. The molecule has 0 aliphatic carbocycles. The van der Waals surface area contributed by atoms with E-state index < -0.39 is 5.97 Å². The van der Waals surface area contributed by atoms with Crippen LogP contribution >= 0.6 is 0 Å². The van der Waals surface area contributed by atoms with Gasteiger partial charge in [0.2, 0.25) is 0 Å². The maximum atomic E-state index is 11.3. The number of hydrogen-bond donors (Lipinski definition) is 1. The number of benzene rings is 2. The van der Waals surface area contributed by atoms with E-state index in [-0.39, 0.29) is 6.42 Å². The van der Waals surface area contributed by atoms with Gasteiger partial charge in [-0.3, -0.25) is 9.78 Å². The summed E-state index contributed by atoms with van der Waals surface area (Å²) in [7, 11) is 0. The number of hydrogen-bond acceptors (Lipinski definition) is 2. The summed E-state index contributed by atoms with van der Waals surface area (Å²) in [5, 5.41) is 11.4. The summed E-state index contributed by atoms with van der Waals surface area (Å²) in [6.07, 6.45) is 3.82. The van der Waals surface area contributed by atoms with Crippen molar-refractivity contribution in [1.29, 1.82) is 0 Å². The van der Waals surface area contributed by atoms with Crippen LogP contribution in [0.1, 0.15) is 19.4 Å². The van der Waals surface area contributed by atoms with E-state index in [0.29, 0.717) is 5.92 Å². The Morgan fingerprint density at radius 3 is 2.67 bits per heavy atom. The molecule has 2 heterocycles. The first-order valence-electron chi connectivity index (χ1n) is 9.20. The van der Waals surface area contributed by atoms with Gasteiger partial charge in [0.05, 0.1) is 11.9 Å². The molecule has 136 valence electrons. The number of fused-ring (bicyclic) bond motifs is 2. The van der Waals surface area contributed by atoms with Crippen LogP contribution in [0.2, 0.25) is 0 Å². The lowest BCUT2D eigenvalue weighted by Gasteiger charge is -2.09. The summed E-state index contributed by atoms with van der Waals surface area (Å²) in [4.78, 5) is 15.7. The molecule has 1 N–H and O–H groups in total. The second kappa shape index (κ2) is 6.88. The van der Waals surface area contributed by atoms with Gasteiger partial charge in [-0.1, -0.05) is 32.0 Å². The lowest BCUT2D eigenvalue weighted by atomic mass is 10.0. The Labute approximate surface area is 158 Å². The topological polar surface area (TPSA) is 55.1 Å². The van der Waals surface area contributed by atoms with E-state index in [0.717, 1.165) is 45.0 Å². The van der Waals surface area contributed by atoms with Crippen molar-refractivity contribution in [2.45, 2.75) is 26.8 Å². The zero-order valence-corrected chi connectivity index (χ0v) is 15.5. The number of carboxylic acid groups (broad SMARTS) is 1. The van der Waals surface area contributed by atoms with Gasteiger partial charge < -0.3 is 9.67 Å². The number of aromatic nitrogens is 2. The highest BCUT2D eigenvalue weighted by molar-refractivity contribution is 5.92. The molecule has 0 radical (unpaired) electrons. The Balaban J connectivity index is 1.85. The molecule has 0 saturated heterocycles. The molecule has 4 rings (SSSR count). The van der Waals surface area contributed by atoms with Gasteiger partial charge >= 0.3 is 5.97 Å². The average molecular weight is 358 g/mol. The summed E-state index contributed by atoms with van der Waals surface area (Å²) >= 11 is 0. The fourth-order valence-corrected chi connectivity index (χ4v) is 3.65. The van der Waals surface area contributed by atoms with E-state index in [1.165, 1.54) is 0 Å². The van der Waals surface area contributed by atoms with Gasteiger partial charge in [0.25, 0.3) is 0 Å². The first kappa shape index (κ1) is 17.3. The van der Waals surface area contributed by atoms with Crippen LogP contribution in [-0.4, -0.2) is 20.6 Å². The van der Waals surface area contributed by atoms with Gasteiger partial charge in [0, 0.05) is 35.2 Å². The monoisotopic (exact) mass is 358 g/mol. The Morgan fingerprint density at radius 1 is 1.11 bits per heavy atom. The second-order valence-electron chi connectivity index (χ2n) is 7.41. The molecule has 4 nitrogen and oxygen atoms in total. The van der Waals surface area contributed by atoms with Crippen molar-refractivity contribution < 1.29 is 9.90 Å². The van der Waals surface area contributed by atoms with Gasteiger partial charge in [-0.05, 0) is 52.9 Å². The predicted octanol–water partition coefficient (Wildman–Crippen LogP) is 5.14. The van der Waals surface area contributed by atoms with Crippen LogP contribution in [0.5, 0.6) is 0 Å². The van der Waals surface area contributed by atoms with E-state index in [1.54, 1.807) is 6.20 Å². The largest absolute Gasteiger partial charge is 0.481 e. The van der Waals surface area contributed by atoms with Crippen LogP contribution < -0.4 is 0 Å². The van der Waals surface area contributed by atoms with Crippen LogP contribution in [0.25, 0.3) is 32.9 Å². The minimum Gasteiger partial charge on any atom is -0.481 e. The molecule has 0 aliphatic heterocycles. The van der Waals surface area contributed by atoms with Gasteiger partial charge in [-0.2, -0.15) is 0 Å². The Kier molecular flexibility index (Phi) is 4.40. The van der Waals surface area contributed by atoms with E-state index in [2.05, 4.69) is 59.8 Å². The molecule has 4 aromatic rings. The van der Waals surface area contributed by atoms with Crippen molar-refractivity contribution in [2.75, 3.05) is 0 Å². The first-order chi connectivity index (χ1) is 13.0. The third-order valence-electron chi connectivity index (χ3n) is 4.80. The summed E-state index contributed by atoms with van der Waals surface area (Å²) in [5.74, 6) is -0.313. The predicted molar refractivity (Wildman–Crippen MR) is 109 cm³/mol. The number of carbonyl (C=O) groups is 1. The Morgan fingerprint density at radius 2 is 1.89 bits per heavy atom. The second-order valence-corrected chi connectivity index (χ2v) is 7.41. The highest BCUT2D eigenvalue weighted by atomic mass is 16.4. The molecule has 0 unspecified atom stereocenters. The van der Waals surface area contributed by atoms with Crippen LogP contribution in [0.15, 0.2) is 60.9 Å². The van der Waals surface area contributed by atoms with Crippen molar-refractivity contribution >= 4 is 27.8 Å². The maximum Gasteiger partial charge on any atom is 0.307 e. The first-order valence-corrected chi connectivity index (χ1v) is 9.20. The van der Waals surface area contributed by atoms with Crippen LogP contribution in [0, 0.1) is 5.92 Å². The van der Waals surface area contributed by atoms with E-state index in [4.69, 9.17) is 0 Å². The van der Waals surface area contributed by atoms with Crippen LogP contribution in [-0.2, 0) is 17.8 Å². The zero-order chi connectivity index (χ0) is 19.0. The van der Waals surface area contributed by atoms with Crippen molar-refractivity contribution in [1.82, 2.24) is 9.55 Å². The minimum atomic E-state index is -0.805. The standard InChI is InChI=1S/C23H22N2O2/c1-15(2)13-25-14-19(12-23(26)27)20-11-17(6-8-22(20)25)16-5-7-21-18(10-16)4-3-9-24-21/h3-11,14-15H,12-13H2,1-2H3,(H,26,27). The van der Waals surface area contributed by atoms with Gasteiger partial charge in [0.1, 0.15) is 0 Å². The summed E-state index contributed by atoms with van der Waals surface area (Å²) in [5.41, 5.74) is 5.11. The van der Waals surface area contributed by atoms with E-state index >= 15 is 0 Å². The third kappa shape index (κ3) is 3.43.